The number of nitrogens with zero attached hydrogens (tertiary/aromatic N) is 3. The van der Waals surface area contributed by atoms with Crippen molar-refractivity contribution in [1.29, 1.82) is 0 Å². The van der Waals surface area contributed by atoms with Crippen LogP contribution < -0.4 is 0 Å². The second-order valence-electron chi connectivity index (χ2n) is 7.44. The van der Waals surface area contributed by atoms with Crippen LogP contribution in [0.1, 0.15) is 31.7 Å². The minimum absolute atomic E-state index is 0.0545. The lowest BCUT2D eigenvalue weighted by molar-refractivity contribution is -0.134. The highest BCUT2D eigenvalue weighted by Crippen LogP contribution is 2.19. The summed E-state index contributed by atoms with van der Waals surface area (Å²) in [6.45, 7) is 4.66. The molecular weight excluding hydrogens is 386 g/mol. The second kappa shape index (κ2) is 8.78. The van der Waals surface area contributed by atoms with Gasteiger partial charge in [-0.25, -0.2) is 13.4 Å². The molecule has 0 N–H and O–H groups in total. The zero-order chi connectivity index (χ0) is 21.0. The van der Waals surface area contributed by atoms with E-state index in [1.54, 1.807) is 4.57 Å². The number of benzene rings is 2. The van der Waals surface area contributed by atoms with Gasteiger partial charge in [0.15, 0.2) is 9.84 Å². The highest BCUT2D eigenvalue weighted by molar-refractivity contribution is 7.89. The Kier molecular flexibility index (Phi) is 6.37. The van der Waals surface area contributed by atoms with E-state index in [4.69, 9.17) is 0 Å². The summed E-state index contributed by atoms with van der Waals surface area (Å²) in [5.74, 6) is 0.142. The maximum atomic E-state index is 13.3. The standard InChI is InChI=1S/C22H27N3O3S/c1-4-17(2)24(14-18-10-6-5-7-11-18)22(26)15-25-20-13-9-8-12-19(20)23-21(25)16-29(3,27)28/h5-13,17H,4,14-16H2,1-3H3. The second-order valence-corrected chi connectivity index (χ2v) is 9.58. The Bertz CT molecular complexity index is 1090. The molecular formula is C22H27N3O3S. The summed E-state index contributed by atoms with van der Waals surface area (Å²) in [6, 6.07) is 17.4. The predicted octanol–water partition coefficient (Wildman–Crippen LogP) is 3.41. The van der Waals surface area contributed by atoms with Crippen LogP contribution >= 0.6 is 0 Å². The van der Waals surface area contributed by atoms with Crippen molar-refractivity contribution in [1.82, 2.24) is 14.5 Å². The first-order valence-corrected chi connectivity index (χ1v) is 11.8. The molecule has 154 valence electrons. The van der Waals surface area contributed by atoms with E-state index in [1.807, 2.05) is 66.4 Å². The lowest BCUT2D eigenvalue weighted by atomic mass is 10.1. The van der Waals surface area contributed by atoms with Crippen LogP contribution in [0.2, 0.25) is 0 Å². The van der Waals surface area contributed by atoms with Crippen molar-refractivity contribution < 1.29 is 13.2 Å². The molecule has 0 aliphatic heterocycles. The van der Waals surface area contributed by atoms with Crippen molar-refractivity contribution in [2.45, 2.75) is 45.2 Å². The molecule has 3 aromatic rings. The minimum Gasteiger partial charge on any atom is -0.334 e. The zero-order valence-electron chi connectivity index (χ0n) is 17.1. The molecule has 0 aliphatic rings. The van der Waals surface area contributed by atoms with Crippen LogP contribution in [-0.2, 0) is 33.5 Å². The van der Waals surface area contributed by atoms with Gasteiger partial charge in [0.2, 0.25) is 5.91 Å². The molecule has 0 saturated carbocycles. The molecule has 2 aromatic carbocycles. The van der Waals surface area contributed by atoms with Crippen LogP contribution in [0.3, 0.4) is 0 Å². The summed E-state index contributed by atoms with van der Waals surface area (Å²) >= 11 is 0. The third-order valence-electron chi connectivity index (χ3n) is 5.06. The molecule has 1 atom stereocenters. The predicted molar refractivity (Wildman–Crippen MR) is 115 cm³/mol. The number of fused-ring (bicyclic) bond motifs is 1. The molecule has 6 nitrogen and oxygen atoms in total. The highest BCUT2D eigenvalue weighted by atomic mass is 32.2. The van der Waals surface area contributed by atoms with Crippen LogP contribution in [-0.4, -0.2) is 41.1 Å². The van der Waals surface area contributed by atoms with E-state index < -0.39 is 9.84 Å². The van der Waals surface area contributed by atoms with E-state index in [0.717, 1.165) is 17.5 Å². The number of carbonyl (C=O) groups is 1. The summed E-state index contributed by atoms with van der Waals surface area (Å²) in [5.41, 5.74) is 2.52. The number of imidazole rings is 1. The number of amides is 1. The molecule has 0 saturated heterocycles. The maximum absolute atomic E-state index is 13.3. The number of carbonyl (C=O) groups excluding carboxylic acids is 1. The summed E-state index contributed by atoms with van der Waals surface area (Å²) < 4.78 is 25.5. The van der Waals surface area contributed by atoms with Crippen LogP contribution in [0.25, 0.3) is 11.0 Å². The van der Waals surface area contributed by atoms with E-state index >= 15 is 0 Å². The van der Waals surface area contributed by atoms with Gasteiger partial charge in [-0.15, -0.1) is 0 Å². The van der Waals surface area contributed by atoms with Gasteiger partial charge < -0.3 is 9.47 Å². The van der Waals surface area contributed by atoms with Gasteiger partial charge in [-0.1, -0.05) is 49.4 Å². The first-order chi connectivity index (χ1) is 13.8. The Balaban J connectivity index is 1.94. The van der Waals surface area contributed by atoms with Crippen molar-refractivity contribution in [3.05, 3.63) is 66.0 Å². The summed E-state index contributed by atoms with van der Waals surface area (Å²) in [7, 11) is -3.28. The normalized spacial score (nSPS) is 12.8. The van der Waals surface area contributed by atoms with Gasteiger partial charge in [0.1, 0.15) is 18.1 Å². The Morgan fingerprint density at radius 2 is 1.76 bits per heavy atom. The van der Waals surface area contributed by atoms with Gasteiger partial charge in [0.05, 0.1) is 11.0 Å². The lowest BCUT2D eigenvalue weighted by Gasteiger charge is -2.29. The molecule has 0 bridgehead atoms. The zero-order valence-corrected chi connectivity index (χ0v) is 17.9. The van der Waals surface area contributed by atoms with Gasteiger partial charge in [-0.3, -0.25) is 4.79 Å². The Morgan fingerprint density at radius 3 is 2.41 bits per heavy atom. The maximum Gasteiger partial charge on any atom is 0.243 e. The van der Waals surface area contributed by atoms with E-state index in [-0.39, 0.29) is 24.2 Å². The van der Waals surface area contributed by atoms with Crippen molar-refractivity contribution >= 4 is 26.8 Å². The van der Waals surface area contributed by atoms with E-state index in [1.165, 1.54) is 6.26 Å². The van der Waals surface area contributed by atoms with Crippen molar-refractivity contribution in [2.75, 3.05) is 6.26 Å². The highest BCUT2D eigenvalue weighted by Gasteiger charge is 2.23. The molecule has 0 radical (unpaired) electrons. The van der Waals surface area contributed by atoms with Crippen LogP contribution in [0, 0.1) is 0 Å². The molecule has 1 unspecified atom stereocenters. The Labute approximate surface area is 172 Å². The number of hydrogen-bond donors (Lipinski definition) is 0. The molecule has 3 rings (SSSR count). The third kappa shape index (κ3) is 5.23. The smallest absolute Gasteiger partial charge is 0.243 e. The average molecular weight is 414 g/mol. The van der Waals surface area contributed by atoms with E-state index in [0.29, 0.717) is 17.9 Å². The van der Waals surface area contributed by atoms with Crippen molar-refractivity contribution in [2.24, 2.45) is 0 Å². The first kappa shape index (κ1) is 21.0. The van der Waals surface area contributed by atoms with Gasteiger partial charge in [-0.05, 0) is 31.0 Å². The third-order valence-corrected chi connectivity index (χ3v) is 5.84. The summed E-state index contributed by atoms with van der Waals surface area (Å²) in [4.78, 5) is 19.6. The summed E-state index contributed by atoms with van der Waals surface area (Å²) in [6.07, 6.45) is 2.01. The topological polar surface area (TPSA) is 72.3 Å². The fourth-order valence-corrected chi connectivity index (χ4v) is 4.05. The van der Waals surface area contributed by atoms with Gasteiger partial charge in [-0.2, -0.15) is 0 Å². The van der Waals surface area contributed by atoms with E-state index in [9.17, 15) is 13.2 Å². The quantitative estimate of drug-likeness (QED) is 0.567. The van der Waals surface area contributed by atoms with Crippen LogP contribution in [0.15, 0.2) is 54.6 Å². The van der Waals surface area contributed by atoms with Crippen LogP contribution in [0.4, 0.5) is 0 Å². The number of rotatable bonds is 8. The molecule has 0 fully saturated rings. The van der Waals surface area contributed by atoms with E-state index in [2.05, 4.69) is 11.9 Å². The molecule has 0 aliphatic carbocycles. The Hall–Kier alpha value is -2.67. The SMILES string of the molecule is CCC(C)N(Cc1ccccc1)C(=O)Cn1c(CS(C)(=O)=O)nc2ccccc21. The molecule has 1 aromatic heterocycles. The molecule has 1 amide bonds. The Morgan fingerprint density at radius 1 is 1.10 bits per heavy atom. The summed E-state index contributed by atoms with van der Waals surface area (Å²) in [5, 5.41) is 0. The molecule has 0 spiro atoms. The largest absolute Gasteiger partial charge is 0.334 e. The molecule has 29 heavy (non-hydrogen) atoms. The average Bonchev–Trinajstić information content (AvgIpc) is 3.01. The van der Waals surface area contributed by atoms with Gasteiger partial charge in [0, 0.05) is 18.8 Å². The van der Waals surface area contributed by atoms with Gasteiger partial charge in [0.25, 0.3) is 0 Å². The van der Waals surface area contributed by atoms with Gasteiger partial charge >= 0.3 is 0 Å². The number of sulfone groups is 1. The monoisotopic (exact) mass is 413 g/mol. The first-order valence-electron chi connectivity index (χ1n) is 9.73. The minimum atomic E-state index is -3.28. The van der Waals surface area contributed by atoms with Crippen LogP contribution in [0.5, 0.6) is 0 Å². The lowest BCUT2D eigenvalue weighted by Crippen LogP contribution is -2.40. The number of hydrogen-bond acceptors (Lipinski definition) is 4. The van der Waals surface area contributed by atoms with Crippen molar-refractivity contribution in [3.63, 3.8) is 0 Å². The molecule has 1 heterocycles. The fraction of sp³-hybridized carbons (Fsp3) is 0.364. The number of para-hydroxylation sites is 2. The van der Waals surface area contributed by atoms with Crippen molar-refractivity contribution in [3.8, 4) is 0 Å². The number of aromatic nitrogens is 2. The fourth-order valence-electron chi connectivity index (χ4n) is 3.36. The molecule has 7 heteroatoms.